The maximum absolute atomic E-state index is 12.5. The van der Waals surface area contributed by atoms with Gasteiger partial charge in [-0.05, 0) is 82.6 Å². The molecular weight excluding hydrogens is 464 g/mol. The lowest BCUT2D eigenvalue weighted by atomic mass is 9.95. The van der Waals surface area contributed by atoms with Crippen molar-refractivity contribution in [2.45, 2.75) is 82.2 Å². The first-order chi connectivity index (χ1) is 17.6. The zero-order valence-electron chi connectivity index (χ0n) is 21.6. The van der Waals surface area contributed by atoms with Crippen LogP contribution in [0.5, 0.6) is 5.75 Å². The molecule has 0 spiro atoms. The fraction of sp³-hybridized carbons (Fsp3) is 0.750. The molecule has 0 bridgehead atoms. The number of hydrogen-bond donors (Lipinski definition) is 0. The Hall–Kier alpha value is -1.71. The molecule has 2 saturated heterocycles. The summed E-state index contributed by atoms with van der Waals surface area (Å²) in [6, 6.07) is 7.19. The van der Waals surface area contributed by atoms with E-state index >= 15 is 0 Å². The zero-order chi connectivity index (χ0) is 25.1. The highest BCUT2D eigenvalue weighted by Crippen LogP contribution is 2.26. The zero-order valence-corrected chi connectivity index (χ0v) is 21.6. The van der Waals surface area contributed by atoms with Crippen molar-refractivity contribution in [1.82, 2.24) is 0 Å². The van der Waals surface area contributed by atoms with Gasteiger partial charge in [0.2, 0.25) is 0 Å². The summed E-state index contributed by atoms with van der Waals surface area (Å²) in [7, 11) is 0. The first-order valence-electron chi connectivity index (χ1n) is 13.6. The third kappa shape index (κ3) is 10.3. The molecule has 3 aliphatic rings. The van der Waals surface area contributed by atoms with E-state index in [1.807, 2.05) is 12.1 Å². The van der Waals surface area contributed by atoms with Crippen molar-refractivity contribution in [1.29, 1.82) is 0 Å². The molecule has 2 atom stereocenters. The molecule has 1 aromatic rings. The molecule has 1 saturated carbocycles. The van der Waals surface area contributed by atoms with E-state index in [4.69, 9.17) is 33.2 Å². The van der Waals surface area contributed by atoms with E-state index < -0.39 is 0 Å². The summed E-state index contributed by atoms with van der Waals surface area (Å²) in [4.78, 5) is 12.5. The predicted molar refractivity (Wildman–Crippen MR) is 134 cm³/mol. The minimum absolute atomic E-state index is 0.0300. The van der Waals surface area contributed by atoms with Gasteiger partial charge in [0.05, 0.1) is 44.7 Å². The van der Waals surface area contributed by atoms with Crippen LogP contribution in [-0.2, 0) is 28.4 Å². The maximum Gasteiger partial charge on any atom is 0.338 e. The molecule has 0 aromatic heterocycles. The summed E-state index contributed by atoms with van der Waals surface area (Å²) in [6.45, 7) is 7.95. The normalized spacial score (nSPS) is 27.0. The second-order valence-corrected chi connectivity index (χ2v) is 10.3. The van der Waals surface area contributed by atoms with Crippen molar-refractivity contribution in [3.8, 4) is 5.75 Å². The molecule has 2 heterocycles. The van der Waals surface area contributed by atoms with E-state index in [-0.39, 0.29) is 23.8 Å². The topological polar surface area (TPSA) is 88.3 Å². The average Bonchev–Trinajstić information content (AvgIpc) is 3.83. The quantitative estimate of drug-likeness (QED) is 0.165. The largest absolute Gasteiger partial charge is 0.494 e. The fourth-order valence-corrected chi connectivity index (χ4v) is 4.15. The highest BCUT2D eigenvalue weighted by atomic mass is 16.6. The summed E-state index contributed by atoms with van der Waals surface area (Å²) in [6.07, 6.45) is 7.95. The Morgan fingerprint density at radius 3 is 2.25 bits per heavy atom. The van der Waals surface area contributed by atoms with Crippen molar-refractivity contribution < 1.29 is 38.0 Å². The number of esters is 1. The molecule has 1 aromatic carbocycles. The number of ether oxygens (including phenoxy) is 7. The van der Waals surface area contributed by atoms with Gasteiger partial charge in [0.25, 0.3) is 0 Å². The van der Waals surface area contributed by atoms with Gasteiger partial charge in [0, 0.05) is 19.8 Å². The lowest BCUT2D eigenvalue weighted by molar-refractivity contribution is -0.0216. The van der Waals surface area contributed by atoms with Crippen molar-refractivity contribution >= 4 is 5.97 Å². The van der Waals surface area contributed by atoms with Crippen LogP contribution in [0.25, 0.3) is 0 Å². The second kappa shape index (κ2) is 14.3. The Morgan fingerprint density at radius 1 is 0.917 bits per heavy atom. The lowest BCUT2D eigenvalue weighted by Crippen LogP contribution is -2.28. The van der Waals surface area contributed by atoms with Gasteiger partial charge in [0.1, 0.15) is 23.6 Å². The summed E-state index contributed by atoms with van der Waals surface area (Å²) in [5.41, 5.74) is 0.526. The van der Waals surface area contributed by atoms with Crippen LogP contribution in [0.3, 0.4) is 0 Å². The summed E-state index contributed by atoms with van der Waals surface area (Å²) >= 11 is 0. The molecule has 1 aliphatic carbocycles. The molecule has 4 rings (SSSR count). The molecule has 36 heavy (non-hydrogen) atoms. The van der Waals surface area contributed by atoms with E-state index in [0.29, 0.717) is 31.5 Å². The van der Waals surface area contributed by atoms with Crippen LogP contribution in [-0.4, -0.2) is 82.7 Å². The number of hydrogen-bond acceptors (Lipinski definition) is 8. The number of unbranched alkanes of at least 4 members (excludes halogenated alkanes) is 2. The Labute approximate surface area is 214 Å². The summed E-state index contributed by atoms with van der Waals surface area (Å²) in [5, 5.41) is 0. The number of epoxide rings is 2. The molecular formula is C28H42O8. The van der Waals surface area contributed by atoms with Crippen molar-refractivity contribution in [2.24, 2.45) is 0 Å². The summed E-state index contributed by atoms with van der Waals surface area (Å²) in [5.74, 6) is 0.488. The molecule has 2 aliphatic heterocycles. The fourth-order valence-electron chi connectivity index (χ4n) is 4.15. The smallest absolute Gasteiger partial charge is 0.338 e. The van der Waals surface area contributed by atoms with E-state index in [9.17, 15) is 4.79 Å². The Bertz CT molecular complexity index is 766. The van der Waals surface area contributed by atoms with Crippen LogP contribution >= 0.6 is 0 Å². The lowest BCUT2D eigenvalue weighted by Gasteiger charge is -2.28. The van der Waals surface area contributed by atoms with Gasteiger partial charge in [-0.2, -0.15) is 0 Å². The van der Waals surface area contributed by atoms with Crippen LogP contribution in [0.4, 0.5) is 0 Å². The van der Waals surface area contributed by atoms with Crippen molar-refractivity contribution in [3.05, 3.63) is 29.8 Å². The Balaban J connectivity index is 1.00. The first kappa shape index (κ1) is 27.3. The van der Waals surface area contributed by atoms with E-state index in [1.165, 1.54) is 0 Å². The third-order valence-electron chi connectivity index (χ3n) is 6.72. The van der Waals surface area contributed by atoms with Gasteiger partial charge in [0.15, 0.2) is 0 Å². The van der Waals surface area contributed by atoms with Gasteiger partial charge in [-0.25, -0.2) is 4.79 Å². The van der Waals surface area contributed by atoms with Gasteiger partial charge in [-0.15, -0.1) is 0 Å². The van der Waals surface area contributed by atoms with Crippen LogP contribution in [0.15, 0.2) is 24.3 Å². The highest BCUT2D eigenvalue weighted by molar-refractivity contribution is 5.89. The molecule has 3 fully saturated rings. The molecule has 202 valence electrons. The number of rotatable bonds is 18. The summed E-state index contributed by atoms with van der Waals surface area (Å²) < 4.78 is 39.1. The SMILES string of the molecule is CC1(COCCCCOC2CCC(OC(=O)c3ccc(OCCCCOCC4CO4)cc3)CC2)CO1. The number of benzene rings is 1. The molecule has 0 radical (unpaired) electrons. The molecule has 8 heteroatoms. The molecule has 8 nitrogen and oxygen atoms in total. The van der Waals surface area contributed by atoms with E-state index in [2.05, 4.69) is 6.92 Å². The standard InChI is InChI=1S/C28H42O8/c1-28(21-35-28)20-31-15-3-5-17-33-24-10-12-25(13-11-24)36-27(29)22-6-8-23(9-7-22)32-16-4-2-14-30-18-26-19-34-26/h6-9,24-26H,2-5,10-21H2,1H3. The average molecular weight is 507 g/mol. The molecule has 2 unspecified atom stereocenters. The van der Waals surface area contributed by atoms with Crippen molar-refractivity contribution in [2.75, 3.05) is 52.9 Å². The Kier molecular flexibility index (Phi) is 10.8. The predicted octanol–water partition coefficient (Wildman–Crippen LogP) is 4.33. The van der Waals surface area contributed by atoms with Crippen LogP contribution in [0.1, 0.15) is 68.6 Å². The van der Waals surface area contributed by atoms with Crippen LogP contribution in [0.2, 0.25) is 0 Å². The molecule has 0 amide bonds. The maximum atomic E-state index is 12.5. The monoisotopic (exact) mass is 506 g/mol. The van der Waals surface area contributed by atoms with Crippen LogP contribution < -0.4 is 4.74 Å². The van der Waals surface area contributed by atoms with Crippen LogP contribution in [0, 0.1) is 0 Å². The minimum Gasteiger partial charge on any atom is -0.494 e. The third-order valence-corrected chi connectivity index (χ3v) is 6.72. The van der Waals surface area contributed by atoms with E-state index in [0.717, 1.165) is 90.2 Å². The van der Waals surface area contributed by atoms with Crippen molar-refractivity contribution in [3.63, 3.8) is 0 Å². The first-order valence-corrected chi connectivity index (χ1v) is 13.6. The van der Waals surface area contributed by atoms with E-state index in [1.54, 1.807) is 12.1 Å². The second-order valence-electron chi connectivity index (χ2n) is 10.3. The molecule has 0 N–H and O–H groups in total. The van der Waals surface area contributed by atoms with Gasteiger partial charge in [-0.3, -0.25) is 0 Å². The highest BCUT2D eigenvalue weighted by Gasteiger charge is 2.39. The minimum atomic E-state index is -0.270. The van der Waals surface area contributed by atoms with Gasteiger partial charge in [-0.1, -0.05) is 0 Å². The van der Waals surface area contributed by atoms with Gasteiger partial charge < -0.3 is 33.2 Å². The number of carbonyl (C=O) groups is 1. The van der Waals surface area contributed by atoms with Gasteiger partial charge >= 0.3 is 5.97 Å². The number of carbonyl (C=O) groups excluding carboxylic acids is 1. The Morgan fingerprint density at radius 2 is 1.56 bits per heavy atom.